The van der Waals surface area contributed by atoms with Gasteiger partial charge in [-0.2, -0.15) is 0 Å². The van der Waals surface area contributed by atoms with Crippen molar-refractivity contribution >= 4 is 17.5 Å². The molecule has 0 heterocycles. The highest BCUT2D eigenvalue weighted by molar-refractivity contribution is 6.30. The normalized spacial score (nSPS) is 10.1. The van der Waals surface area contributed by atoms with Crippen LogP contribution in [0.5, 0.6) is 11.5 Å². The fraction of sp³-hybridized carbons (Fsp3) is 0.235. The van der Waals surface area contributed by atoms with Crippen LogP contribution in [0.25, 0.3) is 0 Å². The van der Waals surface area contributed by atoms with Gasteiger partial charge in [-0.15, -0.1) is 0 Å². The molecule has 116 valence electrons. The number of amides is 1. The van der Waals surface area contributed by atoms with Crippen LogP contribution in [0.2, 0.25) is 5.02 Å². The van der Waals surface area contributed by atoms with Crippen molar-refractivity contribution in [2.24, 2.45) is 0 Å². The summed E-state index contributed by atoms with van der Waals surface area (Å²) in [7, 11) is 3.20. The molecule has 22 heavy (non-hydrogen) atoms. The number of halogens is 1. The minimum Gasteiger partial charge on any atom is -0.497 e. The van der Waals surface area contributed by atoms with Gasteiger partial charge in [0, 0.05) is 17.1 Å². The Morgan fingerprint density at radius 3 is 2.45 bits per heavy atom. The summed E-state index contributed by atoms with van der Waals surface area (Å²) in [5.74, 6) is 1.37. The van der Waals surface area contributed by atoms with Crippen molar-refractivity contribution in [3.05, 3.63) is 58.6 Å². The second-order valence-electron chi connectivity index (χ2n) is 4.69. The first-order valence-corrected chi connectivity index (χ1v) is 7.26. The summed E-state index contributed by atoms with van der Waals surface area (Å²) in [5.41, 5.74) is 1.56. The molecule has 2 rings (SSSR count). The Morgan fingerprint density at radius 1 is 1.09 bits per heavy atom. The van der Waals surface area contributed by atoms with Gasteiger partial charge >= 0.3 is 0 Å². The van der Waals surface area contributed by atoms with Gasteiger partial charge in [0.2, 0.25) is 0 Å². The summed E-state index contributed by atoms with van der Waals surface area (Å²) >= 11 is 5.98. The van der Waals surface area contributed by atoms with Crippen LogP contribution in [0.4, 0.5) is 0 Å². The molecular weight excluding hydrogens is 302 g/mol. The molecule has 0 aliphatic heterocycles. The number of rotatable bonds is 6. The number of benzene rings is 2. The molecule has 0 bridgehead atoms. The summed E-state index contributed by atoms with van der Waals surface area (Å²) in [6, 6.07) is 12.4. The maximum absolute atomic E-state index is 12.0. The zero-order chi connectivity index (χ0) is 15.9. The third-order valence-corrected chi connectivity index (χ3v) is 3.51. The first kappa shape index (κ1) is 16.2. The number of carbonyl (C=O) groups excluding carboxylic acids is 1. The van der Waals surface area contributed by atoms with Crippen LogP contribution in [-0.4, -0.2) is 26.7 Å². The molecule has 0 unspecified atom stereocenters. The Morgan fingerprint density at radius 2 is 1.82 bits per heavy atom. The number of nitrogens with one attached hydrogen (secondary N) is 1. The van der Waals surface area contributed by atoms with Crippen molar-refractivity contribution in [3.8, 4) is 11.5 Å². The summed E-state index contributed by atoms with van der Waals surface area (Å²) in [6.45, 7) is 0.502. The Hall–Kier alpha value is -2.20. The Balaban J connectivity index is 1.92. The predicted molar refractivity (Wildman–Crippen MR) is 87.0 cm³/mol. The average Bonchev–Trinajstić information content (AvgIpc) is 2.55. The van der Waals surface area contributed by atoms with Gasteiger partial charge < -0.3 is 14.8 Å². The van der Waals surface area contributed by atoms with Gasteiger partial charge in [0.15, 0.2) is 0 Å². The van der Waals surface area contributed by atoms with Crippen LogP contribution in [-0.2, 0) is 6.42 Å². The summed E-state index contributed by atoms with van der Waals surface area (Å²) in [5, 5.41) is 3.53. The molecule has 2 aromatic carbocycles. The van der Waals surface area contributed by atoms with Crippen molar-refractivity contribution in [2.45, 2.75) is 6.42 Å². The van der Waals surface area contributed by atoms with E-state index in [1.807, 2.05) is 12.1 Å². The largest absolute Gasteiger partial charge is 0.497 e. The third-order valence-electron chi connectivity index (χ3n) is 3.27. The molecule has 1 amide bonds. The molecule has 4 nitrogen and oxygen atoms in total. The van der Waals surface area contributed by atoms with Crippen molar-refractivity contribution < 1.29 is 14.3 Å². The smallest absolute Gasteiger partial charge is 0.251 e. The minimum absolute atomic E-state index is 0.122. The van der Waals surface area contributed by atoms with Crippen molar-refractivity contribution in [1.29, 1.82) is 0 Å². The van der Waals surface area contributed by atoms with E-state index in [-0.39, 0.29) is 5.91 Å². The van der Waals surface area contributed by atoms with Crippen LogP contribution in [0.15, 0.2) is 42.5 Å². The molecule has 0 saturated heterocycles. The lowest BCUT2D eigenvalue weighted by molar-refractivity contribution is 0.0954. The molecular formula is C17H18ClNO3. The van der Waals surface area contributed by atoms with Crippen molar-refractivity contribution in [1.82, 2.24) is 5.32 Å². The monoisotopic (exact) mass is 319 g/mol. The molecule has 0 aromatic heterocycles. The molecule has 2 aromatic rings. The second-order valence-corrected chi connectivity index (χ2v) is 5.13. The number of carbonyl (C=O) groups is 1. The number of hydrogen-bond donors (Lipinski definition) is 1. The minimum atomic E-state index is -0.122. The average molecular weight is 320 g/mol. The van der Waals surface area contributed by atoms with E-state index >= 15 is 0 Å². The van der Waals surface area contributed by atoms with Gasteiger partial charge in [-0.3, -0.25) is 4.79 Å². The Bertz CT molecular complexity index is 641. The number of methoxy groups -OCH3 is 2. The zero-order valence-corrected chi connectivity index (χ0v) is 13.3. The Kier molecular flexibility index (Phi) is 5.67. The van der Waals surface area contributed by atoms with Gasteiger partial charge in [-0.05, 0) is 54.4 Å². The SMILES string of the molecule is COc1ccc(C(=O)NCCc2cc(Cl)ccc2OC)cc1. The highest BCUT2D eigenvalue weighted by atomic mass is 35.5. The molecule has 0 aliphatic rings. The quantitative estimate of drug-likeness (QED) is 0.888. The van der Waals surface area contributed by atoms with Gasteiger partial charge in [-0.1, -0.05) is 11.6 Å². The van der Waals surface area contributed by atoms with Gasteiger partial charge in [0.1, 0.15) is 11.5 Å². The van der Waals surface area contributed by atoms with Gasteiger partial charge in [0.05, 0.1) is 14.2 Å². The van der Waals surface area contributed by atoms with E-state index < -0.39 is 0 Å². The molecule has 0 fully saturated rings. The van der Waals surface area contributed by atoms with E-state index in [2.05, 4.69) is 5.32 Å². The lowest BCUT2D eigenvalue weighted by Crippen LogP contribution is -2.25. The summed E-state index contributed by atoms with van der Waals surface area (Å²) in [6.07, 6.45) is 0.644. The summed E-state index contributed by atoms with van der Waals surface area (Å²) in [4.78, 5) is 12.0. The topological polar surface area (TPSA) is 47.6 Å². The van der Waals surface area contributed by atoms with E-state index in [1.165, 1.54) is 0 Å². The molecule has 1 N–H and O–H groups in total. The van der Waals surface area contributed by atoms with E-state index in [4.69, 9.17) is 21.1 Å². The fourth-order valence-corrected chi connectivity index (χ4v) is 2.29. The Labute approximate surface area is 135 Å². The molecule has 5 heteroatoms. The highest BCUT2D eigenvalue weighted by Gasteiger charge is 2.07. The van der Waals surface area contributed by atoms with Crippen molar-refractivity contribution in [3.63, 3.8) is 0 Å². The van der Waals surface area contributed by atoms with Crippen LogP contribution in [0.3, 0.4) is 0 Å². The highest BCUT2D eigenvalue weighted by Crippen LogP contribution is 2.22. The second kappa shape index (κ2) is 7.71. The van der Waals surface area contributed by atoms with Gasteiger partial charge in [-0.25, -0.2) is 0 Å². The molecule has 0 spiro atoms. The van der Waals surface area contributed by atoms with E-state index in [0.717, 1.165) is 17.1 Å². The lowest BCUT2D eigenvalue weighted by Gasteiger charge is -2.10. The first-order chi connectivity index (χ1) is 10.6. The van der Waals surface area contributed by atoms with E-state index in [9.17, 15) is 4.79 Å². The molecule has 0 aliphatic carbocycles. The fourth-order valence-electron chi connectivity index (χ4n) is 2.10. The standard InChI is InChI=1S/C17H18ClNO3/c1-21-15-6-3-12(4-7-15)17(20)19-10-9-13-11-14(18)5-8-16(13)22-2/h3-8,11H,9-10H2,1-2H3,(H,19,20). The predicted octanol–water partition coefficient (Wildman–Crippen LogP) is 3.33. The maximum atomic E-state index is 12.0. The molecule has 0 atom stereocenters. The number of ether oxygens (including phenoxy) is 2. The third kappa shape index (κ3) is 4.15. The van der Waals surface area contributed by atoms with Crippen LogP contribution in [0.1, 0.15) is 15.9 Å². The van der Waals surface area contributed by atoms with E-state index in [1.54, 1.807) is 44.6 Å². The van der Waals surface area contributed by atoms with Crippen LogP contribution in [0, 0.1) is 0 Å². The van der Waals surface area contributed by atoms with Crippen LogP contribution < -0.4 is 14.8 Å². The molecule has 0 saturated carbocycles. The maximum Gasteiger partial charge on any atom is 0.251 e. The number of hydrogen-bond acceptors (Lipinski definition) is 3. The van der Waals surface area contributed by atoms with Crippen LogP contribution >= 0.6 is 11.6 Å². The lowest BCUT2D eigenvalue weighted by atomic mass is 10.1. The van der Waals surface area contributed by atoms with E-state index in [0.29, 0.717) is 23.6 Å². The van der Waals surface area contributed by atoms with Gasteiger partial charge in [0.25, 0.3) is 5.91 Å². The zero-order valence-electron chi connectivity index (χ0n) is 12.6. The van der Waals surface area contributed by atoms with Crippen molar-refractivity contribution in [2.75, 3.05) is 20.8 Å². The molecule has 0 radical (unpaired) electrons. The first-order valence-electron chi connectivity index (χ1n) is 6.88. The summed E-state index contributed by atoms with van der Waals surface area (Å²) < 4.78 is 10.3.